The van der Waals surface area contributed by atoms with Crippen molar-refractivity contribution in [3.63, 3.8) is 0 Å². The van der Waals surface area contributed by atoms with E-state index in [1.165, 1.54) is 73.8 Å². The van der Waals surface area contributed by atoms with Gasteiger partial charge in [-0.05, 0) is 119 Å². The molecular formula is C57H62N14O13S5. The monoisotopic (exact) mass is 1310 g/mol. The number of aliphatic hydroxyl groups excluding tert-OH is 2. The number of rotatable bonds is 26. The lowest BCUT2D eigenvalue weighted by atomic mass is 10.2. The molecule has 0 unspecified atom stereocenters. The zero-order valence-corrected chi connectivity index (χ0v) is 53.3. The van der Waals surface area contributed by atoms with Gasteiger partial charge in [-0.15, -0.1) is 43.1 Å². The molecule has 27 nitrogen and oxygen atoms in total. The Balaban J connectivity index is 1.16. The van der Waals surface area contributed by atoms with E-state index in [9.17, 15) is 49.1 Å². The van der Waals surface area contributed by atoms with Crippen LogP contribution in [0.4, 0.5) is 63.3 Å². The molecule has 89 heavy (non-hydrogen) atoms. The van der Waals surface area contributed by atoms with Gasteiger partial charge in [0.2, 0.25) is 17.8 Å². The molecule has 0 aliphatic heterocycles. The normalized spacial score (nSPS) is 12.2. The fourth-order valence-corrected chi connectivity index (χ4v) is 14.3. The van der Waals surface area contributed by atoms with Gasteiger partial charge in [0.25, 0.3) is 30.4 Å². The molecule has 0 saturated carbocycles. The second-order valence-corrected chi connectivity index (χ2v) is 25.8. The summed E-state index contributed by atoms with van der Waals surface area (Å²) in [6, 6.07) is 23.4. The highest BCUT2D eigenvalue weighted by molar-refractivity contribution is 7.86. The fourth-order valence-electron chi connectivity index (χ4n) is 9.60. The number of aliphatic hydroxyl groups is 2. The molecule has 0 aliphatic carbocycles. The van der Waals surface area contributed by atoms with Gasteiger partial charge in [0, 0.05) is 62.5 Å². The molecule has 0 atom stereocenters. The summed E-state index contributed by atoms with van der Waals surface area (Å²) >= 11 is 2.24. The van der Waals surface area contributed by atoms with Gasteiger partial charge in [0.05, 0.1) is 70.6 Å². The Morgan fingerprint density at radius 2 is 0.978 bits per heavy atom. The van der Waals surface area contributed by atoms with Crippen LogP contribution < -0.4 is 34.8 Å². The van der Waals surface area contributed by atoms with E-state index < -0.39 is 40.1 Å². The van der Waals surface area contributed by atoms with Gasteiger partial charge in [-0.2, -0.15) is 40.2 Å². The summed E-state index contributed by atoms with van der Waals surface area (Å²) < 4.78 is 121. The zero-order valence-electron chi connectivity index (χ0n) is 49.2. The van der Waals surface area contributed by atoms with Crippen LogP contribution in [0.2, 0.25) is 0 Å². The third kappa shape index (κ3) is 14.5. The highest BCUT2D eigenvalue weighted by atomic mass is 32.2. The van der Waals surface area contributed by atoms with Gasteiger partial charge in [-0.1, -0.05) is 12.1 Å². The molecule has 0 bridgehead atoms. The molecule has 0 fully saturated rings. The minimum absolute atomic E-state index is 0.0362. The first kappa shape index (κ1) is 65.0. The molecule has 9 aromatic rings. The van der Waals surface area contributed by atoms with Crippen molar-refractivity contribution in [2.75, 3.05) is 92.0 Å². The molecule has 0 amide bonds. The number of benzene rings is 6. The Morgan fingerprint density at radius 3 is 1.43 bits per heavy atom. The summed E-state index contributed by atoms with van der Waals surface area (Å²) in [6.07, 6.45) is 0. The highest BCUT2D eigenvalue weighted by Crippen LogP contribution is 2.45. The Bertz CT molecular complexity index is 4550. The van der Waals surface area contributed by atoms with Crippen molar-refractivity contribution in [2.24, 2.45) is 20.5 Å². The minimum atomic E-state index is -5.04. The van der Waals surface area contributed by atoms with Crippen LogP contribution in [-0.2, 0) is 30.4 Å². The average molecular weight is 1310 g/mol. The summed E-state index contributed by atoms with van der Waals surface area (Å²) in [5.41, 5.74) is 4.00. The van der Waals surface area contributed by atoms with Crippen molar-refractivity contribution in [3.8, 4) is 32.6 Å². The minimum Gasteiger partial charge on any atom is -0.494 e. The van der Waals surface area contributed by atoms with Crippen LogP contribution in [-0.4, -0.2) is 141 Å². The number of fused-ring (bicyclic) bond motifs is 2. The van der Waals surface area contributed by atoms with Gasteiger partial charge in [0.1, 0.15) is 59.0 Å². The van der Waals surface area contributed by atoms with Crippen LogP contribution in [0, 0.1) is 13.8 Å². The van der Waals surface area contributed by atoms with Crippen molar-refractivity contribution in [1.82, 2.24) is 24.9 Å². The largest absolute Gasteiger partial charge is 0.494 e. The lowest BCUT2D eigenvalue weighted by molar-refractivity contribution is 0.280. The van der Waals surface area contributed by atoms with Gasteiger partial charge >= 0.3 is 0 Å². The van der Waals surface area contributed by atoms with E-state index in [1.807, 2.05) is 62.6 Å². The van der Waals surface area contributed by atoms with E-state index in [0.29, 0.717) is 59.6 Å². The molecule has 9 rings (SSSR count). The molecule has 0 spiro atoms. The maximum absolute atomic E-state index is 13.1. The number of methoxy groups -OCH3 is 2. The maximum atomic E-state index is 13.1. The van der Waals surface area contributed by atoms with E-state index in [2.05, 4.69) is 41.1 Å². The number of aryl methyl sites for hydroxylation is 2. The second-order valence-electron chi connectivity index (χ2n) is 19.7. The van der Waals surface area contributed by atoms with E-state index in [4.69, 9.17) is 24.4 Å². The lowest BCUT2D eigenvalue weighted by Crippen LogP contribution is -2.31. The third-order valence-electron chi connectivity index (χ3n) is 14.0. The highest BCUT2D eigenvalue weighted by Gasteiger charge is 2.26. The van der Waals surface area contributed by atoms with Gasteiger partial charge in [0.15, 0.2) is 0 Å². The molecule has 7 N–H and O–H groups in total. The number of azo groups is 2. The molecule has 468 valence electrons. The quantitative estimate of drug-likeness (QED) is 0.0196. The standard InChI is InChI=1S/C57H62N14O13S5/c1-9-69(10-2)44-28-40(42(30-46(44)83-7)67-65-37-19-15-34(26-49(37)87(74,75)76)53-58-36-17-13-32(5)25-48(36)85-53)60-55-62-56(64-57(63-55)71(21-23-72)22-24-73)61-41-29-45(70(11-3)12-4)47(84-8)31-43(41)68-66-38-20-16-35(27-50(38)88(77,78)79)54-59-39-18-14-33(6)52(51(39)86-54)89(80,81)82/h13-20,25-31,72-73H,9-12,21-24H2,1-8H3,(H,74,75,76)(H,77,78,79)(H,80,81,82)(H2,60,61,62,63,64). The number of hydrogen-bond acceptors (Lipinski definition) is 26. The summed E-state index contributed by atoms with van der Waals surface area (Å²) in [5.74, 6) is 0.392. The molecule has 6 aromatic carbocycles. The van der Waals surface area contributed by atoms with Crippen LogP contribution >= 0.6 is 22.7 Å². The Hall–Kier alpha value is -8.44. The van der Waals surface area contributed by atoms with Crippen LogP contribution in [0.5, 0.6) is 11.5 Å². The number of hydrogen-bond donors (Lipinski definition) is 7. The number of aromatic nitrogens is 5. The van der Waals surface area contributed by atoms with Crippen LogP contribution in [0.1, 0.15) is 38.8 Å². The van der Waals surface area contributed by atoms with E-state index in [0.717, 1.165) is 33.2 Å². The molecule has 3 heterocycles. The van der Waals surface area contributed by atoms with Crippen molar-refractivity contribution < 1.29 is 58.6 Å². The average Bonchev–Trinajstić information content (AvgIpc) is 1.76. The molecule has 0 radical (unpaired) electrons. The van der Waals surface area contributed by atoms with Crippen LogP contribution in [0.3, 0.4) is 0 Å². The van der Waals surface area contributed by atoms with Crippen molar-refractivity contribution in [2.45, 2.75) is 56.2 Å². The van der Waals surface area contributed by atoms with Crippen molar-refractivity contribution in [1.29, 1.82) is 0 Å². The first-order valence-electron chi connectivity index (χ1n) is 27.4. The predicted molar refractivity (Wildman–Crippen MR) is 343 cm³/mol. The van der Waals surface area contributed by atoms with Crippen molar-refractivity contribution in [3.05, 3.63) is 102 Å². The van der Waals surface area contributed by atoms with Crippen molar-refractivity contribution >= 4 is 137 Å². The third-order valence-corrected chi connectivity index (χ3v) is 19.1. The maximum Gasteiger partial charge on any atom is 0.296 e. The number of anilines is 7. The molecule has 0 aliphatic rings. The SMILES string of the molecule is CCN(CC)c1cc(Nc2nc(Nc3cc(N(CC)CC)c(OC)cc3N=Nc3ccc(-c4nc5ccc(C)c(S(=O)(=O)O)c5s4)cc3S(=O)(=O)O)nc(N(CCO)CCO)n2)c(N=Nc2ccc(-c3nc4ccc(C)cc4s3)cc2S(=O)(=O)O)cc1OC. The summed E-state index contributed by atoms with van der Waals surface area (Å²) in [5, 5.41) is 45.3. The fraction of sp³-hybridized carbons (Fsp3) is 0.281. The molecule has 32 heteroatoms. The van der Waals surface area contributed by atoms with Gasteiger partial charge < -0.3 is 45.0 Å². The number of ether oxygens (including phenoxy) is 2. The summed E-state index contributed by atoms with van der Waals surface area (Å²) in [6.45, 7) is 12.5. The number of thiazole rings is 2. The van der Waals surface area contributed by atoms with Crippen LogP contribution in [0.25, 0.3) is 41.6 Å². The zero-order chi connectivity index (χ0) is 64.1. The lowest BCUT2D eigenvalue weighted by Gasteiger charge is -2.25. The first-order chi connectivity index (χ1) is 42.4. The molecular weight excluding hydrogens is 1250 g/mol. The molecule has 0 saturated heterocycles. The Kier molecular flexibility index (Phi) is 19.8. The van der Waals surface area contributed by atoms with Crippen LogP contribution in [0.15, 0.2) is 126 Å². The van der Waals surface area contributed by atoms with Gasteiger partial charge in [-0.3, -0.25) is 13.7 Å². The van der Waals surface area contributed by atoms with E-state index >= 15 is 0 Å². The predicted octanol–water partition coefficient (Wildman–Crippen LogP) is 11.6. The molecule has 3 aromatic heterocycles. The number of nitrogens with zero attached hydrogens (tertiary/aromatic N) is 12. The Labute approximate surface area is 520 Å². The topological polar surface area (TPSA) is 370 Å². The second kappa shape index (κ2) is 27.1. The number of nitrogens with one attached hydrogen (secondary N) is 2. The first-order valence-corrected chi connectivity index (χ1v) is 33.4. The smallest absolute Gasteiger partial charge is 0.296 e. The van der Waals surface area contributed by atoms with E-state index in [1.54, 1.807) is 30.3 Å². The summed E-state index contributed by atoms with van der Waals surface area (Å²) in [4.78, 5) is 27.3. The van der Waals surface area contributed by atoms with Gasteiger partial charge in [-0.25, -0.2) is 9.97 Å². The Morgan fingerprint density at radius 1 is 0.517 bits per heavy atom. The van der Waals surface area contributed by atoms with E-state index in [-0.39, 0.29) is 110 Å². The summed E-state index contributed by atoms with van der Waals surface area (Å²) in [7, 11) is -11.7.